The van der Waals surface area contributed by atoms with Gasteiger partial charge in [-0.1, -0.05) is 12.1 Å². The number of benzene rings is 1. The van der Waals surface area contributed by atoms with Gasteiger partial charge in [0, 0.05) is 8.27 Å². The monoisotopic (exact) mass is 288 g/mol. The fourth-order valence-electron chi connectivity index (χ4n) is 1.29. The van der Waals surface area contributed by atoms with Crippen LogP contribution in [-0.4, -0.2) is 0 Å². The molecule has 0 unspecified atom stereocenters. The summed E-state index contributed by atoms with van der Waals surface area (Å²) in [6.45, 7) is 4.33. The van der Waals surface area contributed by atoms with Gasteiger partial charge in [-0.15, -0.1) is 11.3 Å². The molecule has 12 heavy (non-hydrogen) atoms. The number of hydrogen-bond acceptors (Lipinski definition) is 1. The highest BCUT2D eigenvalue weighted by atomic mass is 127. The fraction of sp³-hybridized carbons (Fsp3) is 0.200. The third-order valence-electron chi connectivity index (χ3n) is 2.07. The van der Waals surface area contributed by atoms with Gasteiger partial charge in [0.15, 0.2) is 0 Å². The second-order valence-electron chi connectivity index (χ2n) is 2.99. The molecule has 0 nitrogen and oxygen atoms in total. The molecule has 0 radical (unpaired) electrons. The van der Waals surface area contributed by atoms with Gasteiger partial charge >= 0.3 is 0 Å². The SMILES string of the molecule is Cc1ccc2c(C)csc2c1I. The Hall–Kier alpha value is -0.0900. The summed E-state index contributed by atoms with van der Waals surface area (Å²) in [4.78, 5) is 0. The molecule has 1 aromatic carbocycles. The smallest absolute Gasteiger partial charge is 0.0481 e. The first-order valence-electron chi connectivity index (χ1n) is 3.83. The van der Waals surface area contributed by atoms with Crippen LogP contribution in [0.4, 0.5) is 0 Å². The summed E-state index contributed by atoms with van der Waals surface area (Å²) < 4.78 is 2.84. The zero-order valence-corrected chi connectivity index (χ0v) is 9.99. The van der Waals surface area contributed by atoms with Gasteiger partial charge in [0.1, 0.15) is 0 Å². The van der Waals surface area contributed by atoms with E-state index in [9.17, 15) is 0 Å². The molecule has 0 aliphatic carbocycles. The normalized spacial score (nSPS) is 10.9. The van der Waals surface area contributed by atoms with Gasteiger partial charge in [-0.25, -0.2) is 0 Å². The van der Waals surface area contributed by atoms with Gasteiger partial charge < -0.3 is 0 Å². The van der Waals surface area contributed by atoms with Crippen LogP contribution in [0.15, 0.2) is 17.5 Å². The molecule has 1 heterocycles. The zero-order chi connectivity index (χ0) is 8.72. The molecular formula is C10H9IS. The lowest BCUT2D eigenvalue weighted by Gasteiger charge is -1.98. The minimum Gasteiger partial charge on any atom is -0.142 e. The molecule has 0 aliphatic heterocycles. The molecule has 0 spiro atoms. The van der Waals surface area contributed by atoms with Crippen LogP contribution in [0.3, 0.4) is 0 Å². The first kappa shape index (κ1) is 8.51. The van der Waals surface area contributed by atoms with Gasteiger partial charge in [-0.3, -0.25) is 0 Å². The van der Waals surface area contributed by atoms with E-state index in [0.717, 1.165) is 0 Å². The first-order chi connectivity index (χ1) is 5.70. The van der Waals surface area contributed by atoms with Crippen LogP contribution in [0.1, 0.15) is 11.1 Å². The number of rotatable bonds is 0. The van der Waals surface area contributed by atoms with Crippen LogP contribution in [0.25, 0.3) is 10.1 Å². The van der Waals surface area contributed by atoms with Crippen molar-refractivity contribution in [2.45, 2.75) is 13.8 Å². The molecular weight excluding hydrogens is 279 g/mol. The molecule has 1 aromatic heterocycles. The molecule has 62 valence electrons. The minimum absolute atomic E-state index is 1.38. The average molecular weight is 288 g/mol. The van der Waals surface area contributed by atoms with Gasteiger partial charge in [0.25, 0.3) is 0 Å². The highest BCUT2D eigenvalue weighted by Gasteiger charge is 2.04. The number of fused-ring (bicyclic) bond motifs is 1. The maximum atomic E-state index is 2.43. The Balaban J connectivity index is 2.93. The van der Waals surface area contributed by atoms with E-state index in [1.165, 1.54) is 24.8 Å². The Morgan fingerprint density at radius 3 is 2.67 bits per heavy atom. The largest absolute Gasteiger partial charge is 0.142 e. The highest BCUT2D eigenvalue weighted by molar-refractivity contribution is 14.1. The quantitative estimate of drug-likeness (QED) is 0.640. The minimum atomic E-state index is 1.38. The van der Waals surface area contributed by atoms with Crippen molar-refractivity contribution in [1.82, 2.24) is 0 Å². The summed E-state index contributed by atoms with van der Waals surface area (Å²) in [5.74, 6) is 0. The van der Waals surface area contributed by atoms with Crippen molar-refractivity contribution in [2.75, 3.05) is 0 Å². The molecule has 0 bridgehead atoms. The van der Waals surface area contributed by atoms with E-state index in [-0.39, 0.29) is 0 Å². The Kier molecular flexibility index (Phi) is 2.12. The molecule has 0 fully saturated rings. The van der Waals surface area contributed by atoms with E-state index in [1.807, 2.05) is 11.3 Å². The molecule has 0 atom stereocenters. The van der Waals surface area contributed by atoms with Gasteiger partial charge in [-0.05, 0) is 58.3 Å². The van der Waals surface area contributed by atoms with Crippen LogP contribution >= 0.6 is 33.9 Å². The van der Waals surface area contributed by atoms with Crippen LogP contribution in [0, 0.1) is 17.4 Å². The van der Waals surface area contributed by atoms with Crippen molar-refractivity contribution < 1.29 is 0 Å². The number of hydrogen-bond donors (Lipinski definition) is 0. The third kappa shape index (κ3) is 1.17. The van der Waals surface area contributed by atoms with E-state index in [4.69, 9.17) is 0 Å². The maximum Gasteiger partial charge on any atom is 0.0481 e. The van der Waals surface area contributed by atoms with E-state index in [2.05, 4.69) is 54.0 Å². The van der Waals surface area contributed by atoms with E-state index in [1.54, 1.807) is 0 Å². The van der Waals surface area contributed by atoms with E-state index < -0.39 is 0 Å². The van der Waals surface area contributed by atoms with Gasteiger partial charge in [0.05, 0.1) is 0 Å². The second-order valence-corrected chi connectivity index (χ2v) is 4.95. The molecule has 0 amide bonds. The topological polar surface area (TPSA) is 0 Å². The first-order valence-corrected chi connectivity index (χ1v) is 5.79. The summed E-state index contributed by atoms with van der Waals surface area (Å²) in [5.41, 5.74) is 2.78. The van der Waals surface area contributed by atoms with Crippen molar-refractivity contribution in [3.05, 3.63) is 32.2 Å². The zero-order valence-electron chi connectivity index (χ0n) is 7.02. The van der Waals surface area contributed by atoms with Crippen molar-refractivity contribution in [1.29, 1.82) is 0 Å². The Labute approximate surface area is 89.7 Å². The van der Waals surface area contributed by atoms with Crippen LogP contribution < -0.4 is 0 Å². The fourth-order valence-corrected chi connectivity index (χ4v) is 3.18. The summed E-state index contributed by atoms with van der Waals surface area (Å²) in [7, 11) is 0. The standard InChI is InChI=1S/C10H9IS/c1-6-3-4-8-7(2)5-12-10(8)9(6)11/h3-5H,1-2H3. The predicted octanol–water partition coefficient (Wildman–Crippen LogP) is 4.12. The van der Waals surface area contributed by atoms with Crippen molar-refractivity contribution in [3.8, 4) is 0 Å². The Morgan fingerprint density at radius 1 is 1.17 bits per heavy atom. The summed E-state index contributed by atoms with van der Waals surface area (Å²) in [6, 6.07) is 4.42. The molecule has 2 heteroatoms. The maximum absolute atomic E-state index is 2.43. The Morgan fingerprint density at radius 2 is 1.92 bits per heavy atom. The van der Waals surface area contributed by atoms with E-state index in [0.29, 0.717) is 0 Å². The molecule has 0 saturated carbocycles. The second kappa shape index (κ2) is 3.00. The van der Waals surface area contributed by atoms with Crippen molar-refractivity contribution in [3.63, 3.8) is 0 Å². The molecule has 0 saturated heterocycles. The van der Waals surface area contributed by atoms with Crippen molar-refractivity contribution in [2.24, 2.45) is 0 Å². The van der Waals surface area contributed by atoms with Crippen molar-refractivity contribution >= 4 is 44.0 Å². The summed E-state index contributed by atoms with van der Waals surface area (Å²) in [5, 5.41) is 3.64. The molecule has 2 rings (SSSR count). The van der Waals surface area contributed by atoms with Crippen LogP contribution in [0.5, 0.6) is 0 Å². The van der Waals surface area contributed by atoms with Gasteiger partial charge in [-0.2, -0.15) is 0 Å². The van der Waals surface area contributed by atoms with Crippen LogP contribution in [-0.2, 0) is 0 Å². The Bertz CT molecular complexity index is 429. The third-order valence-corrected chi connectivity index (χ3v) is 4.96. The van der Waals surface area contributed by atoms with Gasteiger partial charge in [0.2, 0.25) is 0 Å². The number of aryl methyl sites for hydroxylation is 2. The lowest BCUT2D eigenvalue weighted by molar-refractivity contribution is 1.47. The highest BCUT2D eigenvalue weighted by Crippen LogP contribution is 2.31. The molecule has 2 aromatic rings. The lowest BCUT2D eigenvalue weighted by Crippen LogP contribution is -1.78. The number of halogens is 1. The average Bonchev–Trinajstić information content (AvgIpc) is 2.41. The molecule has 0 N–H and O–H groups in total. The summed E-state index contributed by atoms with van der Waals surface area (Å²) in [6.07, 6.45) is 0. The van der Waals surface area contributed by atoms with Crippen LogP contribution in [0.2, 0.25) is 0 Å². The summed E-state index contributed by atoms with van der Waals surface area (Å²) >= 11 is 4.27. The van der Waals surface area contributed by atoms with E-state index >= 15 is 0 Å². The lowest BCUT2D eigenvalue weighted by atomic mass is 10.1. The number of thiophene rings is 1. The molecule has 0 aliphatic rings. The predicted molar refractivity (Wildman–Crippen MR) is 64.0 cm³/mol.